The number of ketones is 2. The van der Waals surface area contributed by atoms with Crippen LogP contribution in [0.3, 0.4) is 0 Å². The highest BCUT2D eigenvalue weighted by Gasteiger charge is 2.39. The minimum Gasteiger partial charge on any atom is -0.289 e. The number of hydrogen-bond donors (Lipinski definition) is 2. The smallest absolute Gasteiger partial charge is 0.289 e. The fourth-order valence-electron chi connectivity index (χ4n) is 4.21. The highest BCUT2D eigenvalue weighted by atomic mass is 32.3. The Kier molecular flexibility index (Phi) is 8.28. The van der Waals surface area contributed by atoms with Gasteiger partial charge in [0.25, 0.3) is 20.0 Å². The molecule has 2 aromatic rings. The van der Waals surface area contributed by atoms with E-state index in [1.54, 1.807) is 6.92 Å². The third-order valence-corrected chi connectivity index (χ3v) is 13.1. The Hall–Kier alpha value is -2.58. The van der Waals surface area contributed by atoms with E-state index < -0.39 is 86.2 Å². The molecule has 0 aromatic heterocycles. The molecule has 0 saturated carbocycles. The van der Waals surface area contributed by atoms with Crippen LogP contribution in [-0.4, -0.2) is 74.9 Å². The van der Waals surface area contributed by atoms with Crippen LogP contribution in [-0.2, 0) is 47.1 Å². The summed E-state index contributed by atoms with van der Waals surface area (Å²) in [4.78, 5) is 25.3. The standard InChI is InChI=1S/C21H24N2O12S4/c1-4-7-13-10-16-18(12-19(13)37(28,29)23(6-3)39(33,34)35)21(25)17-11-14(8-9-15(17)20(16)24)36(26,27)22(5-2)38(30,31)32/h8-12H,4-7H2,1-3H3,(H,30,31,32)(H,33,34,35). The number of aryl methyl sites for hydroxylation is 1. The number of nitrogens with zero attached hydrogens (tertiary/aromatic N) is 2. The Labute approximate surface area is 226 Å². The fourth-order valence-corrected chi connectivity index (χ4v) is 9.74. The summed E-state index contributed by atoms with van der Waals surface area (Å²) in [6.45, 7) is 2.62. The molecule has 39 heavy (non-hydrogen) atoms. The minimum absolute atomic E-state index is 0.00823. The van der Waals surface area contributed by atoms with Gasteiger partial charge in [0.15, 0.2) is 11.6 Å². The third kappa shape index (κ3) is 5.42. The molecular formula is C21H24N2O12S4. The quantitative estimate of drug-likeness (QED) is 0.302. The maximum absolute atomic E-state index is 13.4. The van der Waals surface area contributed by atoms with Crippen LogP contribution < -0.4 is 0 Å². The van der Waals surface area contributed by atoms with Crippen molar-refractivity contribution in [1.29, 1.82) is 0 Å². The molecule has 0 fully saturated rings. The molecule has 0 spiro atoms. The third-order valence-electron chi connectivity index (χ3n) is 5.83. The number of carbonyl (C=O) groups is 2. The molecule has 0 atom stereocenters. The van der Waals surface area contributed by atoms with E-state index in [1.807, 2.05) is 0 Å². The first-order valence-electron chi connectivity index (χ1n) is 11.2. The van der Waals surface area contributed by atoms with Crippen molar-refractivity contribution >= 4 is 52.2 Å². The summed E-state index contributed by atoms with van der Waals surface area (Å²) in [6.07, 6.45) is 0.416. The van der Waals surface area contributed by atoms with Crippen LogP contribution in [0.2, 0.25) is 0 Å². The molecule has 0 aliphatic heterocycles. The van der Waals surface area contributed by atoms with Gasteiger partial charge in [-0.15, -0.1) is 0 Å². The molecule has 0 heterocycles. The maximum Gasteiger partial charge on any atom is 0.349 e. The highest BCUT2D eigenvalue weighted by Crippen LogP contribution is 2.34. The number of fused-ring (bicyclic) bond motifs is 2. The van der Waals surface area contributed by atoms with Crippen molar-refractivity contribution in [2.45, 2.75) is 43.4 Å². The molecular weight excluding hydrogens is 601 g/mol. The molecule has 0 unspecified atom stereocenters. The molecule has 0 amide bonds. The van der Waals surface area contributed by atoms with Crippen molar-refractivity contribution < 1.29 is 52.4 Å². The van der Waals surface area contributed by atoms with Gasteiger partial charge in [-0.3, -0.25) is 18.7 Å². The number of sulfonamides is 2. The first-order chi connectivity index (χ1) is 17.8. The summed E-state index contributed by atoms with van der Waals surface area (Å²) in [5.41, 5.74) is -1.42. The zero-order valence-corrected chi connectivity index (χ0v) is 24.0. The van der Waals surface area contributed by atoms with Crippen LogP contribution in [0.5, 0.6) is 0 Å². The molecule has 18 heteroatoms. The van der Waals surface area contributed by atoms with E-state index in [2.05, 4.69) is 0 Å². The Bertz CT molecular complexity index is 1810. The average molecular weight is 625 g/mol. The number of hydrogen-bond acceptors (Lipinski definition) is 10. The van der Waals surface area contributed by atoms with Gasteiger partial charge in [0.2, 0.25) is 0 Å². The summed E-state index contributed by atoms with van der Waals surface area (Å²) >= 11 is 0. The monoisotopic (exact) mass is 624 g/mol. The zero-order chi connectivity index (χ0) is 29.7. The van der Waals surface area contributed by atoms with Gasteiger partial charge in [0.1, 0.15) is 0 Å². The molecule has 0 radical (unpaired) electrons. The van der Waals surface area contributed by atoms with Crippen LogP contribution in [0.15, 0.2) is 40.1 Å². The Morgan fingerprint density at radius 3 is 1.59 bits per heavy atom. The second kappa shape index (κ2) is 10.4. The SMILES string of the molecule is CCCc1cc2c(cc1S(=O)(=O)N(CC)S(=O)(=O)O)C(=O)c1cc(S(=O)(=O)N(CC)S(=O)(=O)O)ccc1C2=O. The molecule has 0 bridgehead atoms. The molecule has 3 rings (SSSR count). The summed E-state index contributed by atoms with van der Waals surface area (Å²) < 4.78 is 117. The van der Waals surface area contributed by atoms with Crippen LogP contribution in [0.4, 0.5) is 0 Å². The molecule has 2 N–H and O–H groups in total. The van der Waals surface area contributed by atoms with Gasteiger partial charge in [0.05, 0.1) is 9.79 Å². The van der Waals surface area contributed by atoms with E-state index in [0.717, 1.165) is 44.2 Å². The molecule has 214 valence electrons. The lowest BCUT2D eigenvalue weighted by Gasteiger charge is -2.23. The van der Waals surface area contributed by atoms with Crippen molar-refractivity contribution in [3.8, 4) is 0 Å². The number of carbonyl (C=O) groups excluding carboxylic acids is 2. The molecule has 2 aromatic carbocycles. The lowest BCUT2D eigenvalue weighted by Crippen LogP contribution is -2.37. The van der Waals surface area contributed by atoms with Crippen molar-refractivity contribution in [2.24, 2.45) is 0 Å². The first kappa shape index (κ1) is 31.0. The highest BCUT2D eigenvalue weighted by molar-refractivity contribution is 8.02. The molecule has 1 aliphatic carbocycles. The summed E-state index contributed by atoms with van der Waals surface area (Å²) in [5, 5.41) is 0. The van der Waals surface area contributed by atoms with Gasteiger partial charge >= 0.3 is 20.6 Å². The van der Waals surface area contributed by atoms with E-state index in [-0.39, 0.29) is 30.5 Å². The van der Waals surface area contributed by atoms with Crippen LogP contribution >= 0.6 is 0 Å². The topological polar surface area (TPSA) is 218 Å². The predicted molar refractivity (Wildman–Crippen MR) is 136 cm³/mol. The Morgan fingerprint density at radius 2 is 1.10 bits per heavy atom. The van der Waals surface area contributed by atoms with Crippen molar-refractivity contribution in [3.63, 3.8) is 0 Å². The molecule has 0 saturated heterocycles. The Balaban J connectivity index is 2.29. The van der Waals surface area contributed by atoms with Gasteiger partial charge in [0, 0.05) is 35.3 Å². The van der Waals surface area contributed by atoms with E-state index in [1.165, 1.54) is 0 Å². The van der Waals surface area contributed by atoms with Crippen LogP contribution in [0, 0.1) is 0 Å². The van der Waals surface area contributed by atoms with Crippen molar-refractivity contribution in [2.75, 3.05) is 13.1 Å². The van der Waals surface area contributed by atoms with E-state index in [0.29, 0.717) is 6.42 Å². The van der Waals surface area contributed by atoms with E-state index >= 15 is 0 Å². The Morgan fingerprint density at radius 1 is 0.641 bits per heavy atom. The number of benzene rings is 2. The second-order valence-electron chi connectivity index (χ2n) is 8.26. The van der Waals surface area contributed by atoms with Gasteiger partial charge in [-0.05, 0) is 42.3 Å². The predicted octanol–water partition coefficient (Wildman–Crippen LogP) is 1.04. The lowest BCUT2D eigenvalue weighted by molar-refractivity contribution is 0.0978. The van der Waals surface area contributed by atoms with Gasteiger partial charge in [-0.2, -0.15) is 16.8 Å². The first-order valence-corrected chi connectivity index (χ1v) is 16.9. The number of rotatable bonds is 10. The largest absolute Gasteiger partial charge is 0.349 e. The van der Waals surface area contributed by atoms with Crippen molar-refractivity contribution in [3.05, 3.63) is 58.1 Å². The van der Waals surface area contributed by atoms with E-state index in [4.69, 9.17) is 0 Å². The van der Waals surface area contributed by atoms with Crippen LogP contribution in [0.1, 0.15) is 64.6 Å². The van der Waals surface area contributed by atoms with Gasteiger partial charge in [-0.1, -0.05) is 34.6 Å². The molecule has 14 nitrogen and oxygen atoms in total. The zero-order valence-electron chi connectivity index (χ0n) is 20.7. The van der Waals surface area contributed by atoms with Gasteiger partial charge in [-0.25, -0.2) is 16.8 Å². The van der Waals surface area contributed by atoms with Crippen LogP contribution in [0.25, 0.3) is 0 Å². The summed E-state index contributed by atoms with van der Waals surface area (Å²) in [6, 6.07) is 4.53. The lowest BCUT2D eigenvalue weighted by atomic mass is 9.83. The van der Waals surface area contributed by atoms with E-state index in [9.17, 15) is 52.4 Å². The summed E-state index contributed by atoms with van der Waals surface area (Å²) in [7, 11) is -20.3. The minimum atomic E-state index is -5.24. The maximum atomic E-state index is 13.4. The summed E-state index contributed by atoms with van der Waals surface area (Å²) in [5.74, 6) is -1.77. The van der Waals surface area contributed by atoms with Gasteiger partial charge < -0.3 is 0 Å². The average Bonchev–Trinajstić information content (AvgIpc) is 2.80. The van der Waals surface area contributed by atoms with Crippen molar-refractivity contribution in [1.82, 2.24) is 7.42 Å². The second-order valence-corrected chi connectivity index (χ2v) is 15.1. The normalized spacial score (nSPS) is 14.5. The molecule has 1 aliphatic rings. The fraction of sp³-hybridized carbons (Fsp3) is 0.333.